The van der Waals surface area contributed by atoms with E-state index in [9.17, 15) is 5.26 Å². The number of nitriles is 1. The van der Waals surface area contributed by atoms with Gasteiger partial charge in [-0.05, 0) is 23.8 Å². The summed E-state index contributed by atoms with van der Waals surface area (Å²) in [6, 6.07) is 17.0. The van der Waals surface area contributed by atoms with Gasteiger partial charge in [-0.25, -0.2) is 9.97 Å². The molecular weight excluding hydrogens is 326 g/mol. The average molecular weight is 341 g/mol. The van der Waals surface area contributed by atoms with E-state index in [1.165, 1.54) is 0 Å². The van der Waals surface area contributed by atoms with Gasteiger partial charge in [0.15, 0.2) is 5.65 Å². The molecule has 126 valence electrons. The highest BCUT2D eigenvalue weighted by atomic mass is 15.1. The van der Waals surface area contributed by atoms with E-state index >= 15 is 0 Å². The predicted molar refractivity (Wildman–Crippen MR) is 99.8 cm³/mol. The molecule has 0 saturated heterocycles. The largest absolute Gasteiger partial charge is 0.399 e. The van der Waals surface area contributed by atoms with Crippen molar-refractivity contribution in [1.29, 1.82) is 5.26 Å². The van der Waals surface area contributed by atoms with Crippen molar-refractivity contribution < 1.29 is 0 Å². The van der Waals surface area contributed by atoms with E-state index in [2.05, 4.69) is 21.0 Å². The van der Waals surface area contributed by atoms with E-state index in [0.717, 1.165) is 5.56 Å². The Balaban J connectivity index is 1.86. The summed E-state index contributed by atoms with van der Waals surface area (Å²) >= 11 is 0. The number of nitrogen functional groups attached to an aromatic ring is 2. The average Bonchev–Trinajstić information content (AvgIpc) is 3.05. The molecule has 4 rings (SSSR count). The Labute approximate surface area is 149 Å². The second-order valence-electron chi connectivity index (χ2n) is 5.87. The van der Waals surface area contributed by atoms with Crippen molar-refractivity contribution in [2.75, 3.05) is 11.5 Å². The minimum Gasteiger partial charge on any atom is -0.399 e. The second-order valence-corrected chi connectivity index (χ2v) is 5.87. The number of benzene rings is 2. The lowest BCUT2D eigenvalue weighted by Gasteiger charge is -2.07. The van der Waals surface area contributed by atoms with Gasteiger partial charge in [0.05, 0.1) is 24.5 Å². The molecule has 0 atom stereocenters. The van der Waals surface area contributed by atoms with Gasteiger partial charge in [-0.3, -0.25) is 0 Å². The van der Waals surface area contributed by atoms with Crippen molar-refractivity contribution in [3.63, 3.8) is 0 Å². The topological polar surface area (TPSA) is 119 Å². The maximum absolute atomic E-state index is 9.38. The molecule has 2 heterocycles. The molecule has 0 radical (unpaired) electrons. The van der Waals surface area contributed by atoms with Crippen LogP contribution < -0.4 is 11.5 Å². The van der Waals surface area contributed by atoms with Crippen molar-refractivity contribution in [2.45, 2.75) is 6.54 Å². The lowest BCUT2D eigenvalue weighted by atomic mass is 10.0. The Kier molecular flexibility index (Phi) is 3.71. The van der Waals surface area contributed by atoms with E-state index < -0.39 is 0 Å². The number of nitrogens with two attached hydrogens (primary N) is 2. The van der Waals surface area contributed by atoms with Gasteiger partial charge in [0.2, 0.25) is 5.95 Å². The highest BCUT2D eigenvalue weighted by molar-refractivity contribution is 5.90. The first kappa shape index (κ1) is 15.6. The predicted octanol–water partition coefficient (Wildman–Crippen LogP) is 2.58. The number of rotatable bonds is 3. The van der Waals surface area contributed by atoms with Crippen molar-refractivity contribution in [3.8, 4) is 17.3 Å². The van der Waals surface area contributed by atoms with Gasteiger partial charge in [-0.2, -0.15) is 10.2 Å². The van der Waals surface area contributed by atoms with Crippen molar-refractivity contribution in [2.24, 2.45) is 0 Å². The molecule has 2 aromatic heterocycles. The fourth-order valence-corrected chi connectivity index (χ4v) is 2.87. The van der Waals surface area contributed by atoms with Crippen LogP contribution in [0.2, 0.25) is 0 Å². The van der Waals surface area contributed by atoms with Crippen LogP contribution in [-0.2, 0) is 6.54 Å². The normalized spacial score (nSPS) is 10.7. The zero-order chi connectivity index (χ0) is 18.1. The summed E-state index contributed by atoms with van der Waals surface area (Å²) in [5.74, 6) is 0.138. The number of hydrogen-bond donors (Lipinski definition) is 2. The summed E-state index contributed by atoms with van der Waals surface area (Å²) in [5, 5.41) is 9.38. The number of imidazole rings is 1. The number of nitrogens with zero attached hydrogens (tertiary/aromatic N) is 5. The lowest BCUT2D eigenvalue weighted by molar-refractivity contribution is 0.814. The molecule has 7 heteroatoms. The standard InChI is InChI=1S/C19H15N7/c20-9-13-3-1-2-4-15(13)16-17-18(25-19(22)24-16)26(11-23-17)10-12-5-7-14(21)8-6-12/h1-8,11H,10,21H2,(H2,22,24,25). The number of anilines is 2. The van der Waals surface area contributed by atoms with Gasteiger partial charge in [0.1, 0.15) is 11.2 Å². The highest BCUT2D eigenvalue weighted by Gasteiger charge is 2.16. The molecule has 0 spiro atoms. The van der Waals surface area contributed by atoms with Crippen LogP contribution in [0.1, 0.15) is 11.1 Å². The van der Waals surface area contributed by atoms with E-state index in [0.29, 0.717) is 40.2 Å². The maximum Gasteiger partial charge on any atom is 0.222 e. The third-order valence-corrected chi connectivity index (χ3v) is 4.12. The molecule has 0 aliphatic rings. The highest BCUT2D eigenvalue weighted by Crippen LogP contribution is 2.28. The first-order chi connectivity index (χ1) is 12.7. The SMILES string of the molecule is N#Cc1ccccc1-c1nc(N)nc2c1ncn2Cc1ccc(N)cc1. The molecule has 7 nitrogen and oxygen atoms in total. The van der Waals surface area contributed by atoms with Crippen LogP contribution in [0.5, 0.6) is 0 Å². The summed E-state index contributed by atoms with van der Waals surface area (Å²) in [4.78, 5) is 13.2. The fraction of sp³-hybridized carbons (Fsp3) is 0.0526. The van der Waals surface area contributed by atoms with Crippen LogP contribution in [0.3, 0.4) is 0 Å². The molecule has 0 aliphatic carbocycles. The molecule has 4 N–H and O–H groups in total. The van der Waals surface area contributed by atoms with E-state index in [4.69, 9.17) is 11.5 Å². The number of hydrogen-bond acceptors (Lipinski definition) is 6. The van der Waals surface area contributed by atoms with Gasteiger partial charge in [-0.1, -0.05) is 30.3 Å². The van der Waals surface area contributed by atoms with Gasteiger partial charge >= 0.3 is 0 Å². The molecule has 0 aliphatic heterocycles. The van der Waals surface area contributed by atoms with Crippen molar-refractivity contribution >= 4 is 22.8 Å². The van der Waals surface area contributed by atoms with Crippen LogP contribution in [0.4, 0.5) is 11.6 Å². The van der Waals surface area contributed by atoms with Crippen molar-refractivity contribution in [1.82, 2.24) is 19.5 Å². The van der Waals surface area contributed by atoms with E-state index in [-0.39, 0.29) is 5.95 Å². The van der Waals surface area contributed by atoms with Crippen molar-refractivity contribution in [3.05, 3.63) is 66.0 Å². The van der Waals surface area contributed by atoms with E-state index in [1.54, 1.807) is 12.4 Å². The monoisotopic (exact) mass is 341 g/mol. The molecule has 0 saturated carbocycles. The summed E-state index contributed by atoms with van der Waals surface area (Å²) in [6.45, 7) is 0.576. The number of aromatic nitrogens is 4. The Morgan fingerprint density at radius 2 is 1.77 bits per heavy atom. The Morgan fingerprint density at radius 3 is 2.54 bits per heavy atom. The smallest absolute Gasteiger partial charge is 0.222 e. The minimum absolute atomic E-state index is 0.138. The summed E-state index contributed by atoms with van der Waals surface area (Å²) in [7, 11) is 0. The van der Waals surface area contributed by atoms with E-state index in [1.807, 2.05) is 47.0 Å². The third-order valence-electron chi connectivity index (χ3n) is 4.12. The van der Waals surface area contributed by atoms with Crippen LogP contribution >= 0.6 is 0 Å². The number of fused-ring (bicyclic) bond motifs is 1. The molecule has 26 heavy (non-hydrogen) atoms. The molecule has 0 bridgehead atoms. The minimum atomic E-state index is 0.138. The first-order valence-corrected chi connectivity index (χ1v) is 7.98. The molecule has 0 amide bonds. The molecule has 0 fully saturated rings. The lowest BCUT2D eigenvalue weighted by Crippen LogP contribution is -2.03. The van der Waals surface area contributed by atoms with Crippen LogP contribution in [0.15, 0.2) is 54.9 Å². The third kappa shape index (κ3) is 2.70. The molecule has 0 unspecified atom stereocenters. The Bertz CT molecular complexity index is 1140. The zero-order valence-electron chi connectivity index (χ0n) is 13.8. The fourth-order valence-electron chi connectivity index (χ4n) is 2.87. The quantitative estimate of drug-likeness (QED) is 0.553. The second kappa shape index (κ2) is 6.18. The van der Waals surface area contributed by atoms with Gasteiger partial charge in [0, 0.05) is 11.3 Å². The van der Waals surface area contributed by atoms with Gasteiger partial charge in [0.25, 0.3) is 0 Å². The van der Waals surface area contributed by atoms with Gasteiger partial charge < -0.3 is 16.0 Å². The zero-order valence-corrected chi connectivity index (χ0v) is 13.8. The molecule has 2 aromatic carbocycles. The molecule has 4 aromatic rings. The Hall–Kier alpha value is -3.92. The van der Waals surface area contributed by atoms with Crippen LogP contribution in [-0.4, -0.2) is 19.5 Å². The first-order valence-electron chi connectivity index (χ1n) is 7.98. The van der Waals surface area contributed by atoms with Crippen LogP contribution in [0, 0.1) is 11.3 Å². The summed E-state index contributed by atoms with van der Waals surface area (Å²) in [5.41, 5.74) is 16.4. The van der Waals surface area contributed by atoms with Gasteiger partial charge in [-0.15, -0.1) is 0 Å². The summed E-state index contributed by atoms with van der Waals surface area (Å²) in [6.07, 6.45) is 1.70. The maximum atomic E-state index is 9.38. The summed E-state index contributed by atoms with van der Waals surface area (Å²) < 4.78 is 1.90. The Morgan fingerprint density at radius 1 is 1.00 bits per heavy atom. The molecular formula is C19H15N7. The van der Waals surface area contributed by atoms with Crippen LogP contribution in [0.25, 0.3) is 22.4 Å².